The summed E-state index contributed by atoms with van der Waals surface area (Å²) in [4.78, 5) is 15.8. The Morgan fingerprint density at radius 2 is 2.16 bits per heavy atom. The molecule has 0 unspecified atom stereocenters. The molecular formula is C12H10F2N2O2S. The number of anilines is 2. The number of methoxy groups -OCH3 is 1. The number of hydrogen-bond acceptors (Lipinski definition) is 5. The average molecular weight is 284 g/mol. The van der Waals surface area contributed by atoms with Gasteiger partial charge in [-0.2, -0.15) is 0 Å². The molecule has 0 saturated carbocycles. The summed E-state index contributed by atoms with van der Waals surface area (Å²) < 4.78 is 31.1. The molecule has 0 radical (unpaired) electrons. The zero-order valence-corrected chi connectivity index (χ0v) is 11.0. The quantitative estimate of drug-likeness (QED) is 0.879. The Morgan fingerprint density at radius 3 is 2.84 bits per heavy atom. The third-order valence-corrected chi connectivity index (χ3v) is 3.41. The molecule has 0 aliphatic carbocycles. The highest BCUT2D eigenvalue weighted by molar-refractivity contribution is 7.17. The van der Waals surface area contributed by atoms with Crippen LogP contribution in [0.15, 0.2) is 18.2 Å². The number of aryl methyl sites for hydroxylation is 1. The van der Waals surface area contributed by atoms with E-state index in [-0.39, 0.29) is 5.69 Å². The Bertz CT molecular complexity index is 628. The van der Waals surface area contributed by atoms with Gasteiger partial charge in [0.25, 0.3) is 0 Å². The van der Waals surface area contributed by atoms with Gasteiger partial charge in [-0.05, 0) is 19.1 Å². The standard InChI is InChI=1S/C12H10F2N2O2S/c1-6-10(11(17)18-2)19-12(15-6)16-8-5-3-4-7(13)9(8)14/h3-5H,1-2H3,(H,15,16). The van der Waals surface area contributed by atoms with Crippen molar-refractivity contribution >= 4 is 28.1 Å². The fourth-order valence-electron chi connectivity index (χ4n) is 1.45. The van der Waals surface area contributed by atoms with Gasteiger partial charge < -0.3 is 10.1 Å². The van der Waals surface area contributed by atoms with E-state index in [9.17, 15) is 13.6 Å². The van der Waals surface area contributed by atoms with Gasteiger partial charge in [0.15, 0.2) is 16.8 Å². The molecule has 1 aromatic heterocycles. The maximum atomic E-state index is 13.5. The molecule has 2 rings (SSSR count). The monoisotopic (exact) mass is 284 g/mol. The molecule has 0 fully saturated rings. The van der Waals surface area contributed by atoms with E-state index in [0.717, 1.165) is 17.4 Å². The predicted molar refractivity (Wildman–Crippen MR) is 67.8 cm³/mol. The average Bonchev–Trinajstić information content (AvgIpc) is 2.75. The Kier molecular flexibility index (Phi) is 3.75. The van der Waals surface area contributed by atoms with Crippen LogP contribution in [0.5, 0.6) is 0 Å². The highest BCUT2D eigenvalue weighted by Crippen LogP contribution is 2.28. The molecule has 0 spiro atoms. The molecule has 0 amide bonds. The lowest BCUT2D eigenvalue weighted by molar-refractivity contribution is 0.0605. The molecule has 0 bridgehead atoms. The minimum atomic E-state index is -0.991. The van der Waals surface area contributed by atoms with Crippen LogP contribution in [0.3, 0.4) is 0 Å². The lowest BCUT2D eigenvalue weighted by atomic mass is 10.3. The number of benzene rings is 1. The second-order valence-electron chi connectivity index (χ2n) is 3.65. The summed E-state index contributed by atoms with van der Waals surface area (Å²) >= 11 is 1.02. The van der Waals surface area contributed by atoms with Gasteiger partial charge in [0, 0.05) is 0 Å². The molecule has 1 N–H and O–H groups in total. The van der Waals surface area contributed by atoms with Gasteiger partial charge in [-0.3, -0.25) is 0 Å². The maximum absolute atomic E-state index is 13.5. The smallest absolute Gasteiger partial charge is 0.350 e. The van der Waals surface area contributed by atoms with Crippen molar-refractivity contribution < 1.29 is 18.3 Å². The largest absolute Gasteiger partial charge is 0.465 e. The maximum Gasteiger partial charge on any atom is 0.350 e. The number of carbonyl (C=O) groups is 1. The first-order valence-electron chi connectivity index (χ1n) is 5.29. The van der Waals surface area contributed by atoms with Gasteiger partial charge in [0.05, 0.1) is 18.5 Å². The van der Waals surface area contributed by atoms with Crippen LogP contribution in [-0.2, 0) is 4.74 Å². The third kappa shape index (κ3) is 2.70. The van der Waals surface area contributed by atoms with Crippen LogP contribution < -0.4 is 5.32 Å². The highest BCUT2D eigenvalue weighted by Gasteiger charge is 2.17. The van der Waals surface area contributed by atoms with Crippen LogP contribution in [0.2, 0.25) is 0 Å². The van der Waals surface area contributed by atoms with Crippen LogP contribution >= 0.6 is 11.3 Å². The van der Waals surface area contributed by atoms with Gasteiger partial charge in [0.2, 0.25) is 0 Å². The molecule has 2 aromatic rings. The molecule has 100 valence electrons. The second kappa shape index (κ2) is 5.31. The van der Waals surface area contributed by atoms with E-state index < -0.39 is 17.6 Å². The Hall–Kier alpha value is -2.02. The lowest BCUT2D eigenvalue weighted by Crippen LogP contribution is -1.99. The molecule has 7 heteroatoms. The van der Waals surface area contributed by atoms with E-state index in [2.05, 4.69) is 15.0 Å². The summed E-state index contributed by atoms with van der Waals surface area (Å²) in [5, 5.41) is 2.93. The van der Waals surface area contributed by atoms with E-state index in [1.165, 1.54) is 19.2 Å². The molecule has 0 saturated heterocycles. The highest BCUT2D eigenvalue weighted by atomic mass is 32.1. The van der Waals surface area contributed by atoms with E-state index in [1.807, 2.05) is 0 Å². The number of thiazole rings is 1. The minimum Gasteiger partial charge on any atom is -0.465 e. The molecule has 0 aliphatic heterocycles. The summed E-state index contributed by atoms with van der Waals surface area (Å²) in [5.74, 6) is -2.45. The predicted octanol–water partition coefficient (Wildman–Crippen LogP) is 3.26. The van der Waals surface area contributed by atoms with Gasteiger partial charge in [0.1, 0.15) is 4.88 Å². The van der Waals surface area contributed by atoms with Crippen LogP contribution in [-0.4, -0.2) is 18.1 Å². The van der Waals surface area contributed by atoms with E-state index in [4.69, 9.17) is 0 Å². The topological polar surface area (TPSA) is 51.2 Å². The van der Waals surface area contributed by atoms with E-state index in [1.54, 1.807) is 6.92 Å². The van der Waals surface area contributed by atoms with Crippen molar-refractivity contribution in [2.24, 2.45) is 0 Å². The Labute approximate surface area is 112 Å². The van der Waals surface area contributed by atoms with Crippen molar-refractivity contribution in [3.63, 3.8) is 0 Å². The second-order valence-corrected chi connectivity index (χ2v) is 4.65. The molecule has 19 heavy (non-hydrogen) atoms. The van der Waals surface area contributed by atoms with Gasteiger partial charge in [-0.25, -0.2) is 18.6 Å². The molecule has 4 nitrogen and oxygen atoms in total. The Balaban J connectivity index is 2.29. The summed E-state index contributed by atoms with van der Waals surface area (Å²) in [5.41, 5.74) is 0.432. The third-order valence-electron chi connectivity index (χ3n) is 2.36. The summed E-state index contributed by atoms with van der Waals surface area (Å²) in [6, 6.07) is 3.78. The number of rotatable bonds is 3. The number of esters is 1. The zero-order chi connectivity index (χ0) is 14.0. The van der Waals surface area contributed by atoms with Crippen molar-refractivity contribution in [3.8, 4) is 0 Å². The summed E-state index contributed by atoms with van der Waals surface area (Å²) in [7, 11) is 1.26. The normalized spacial score (nSPS) is 10.3. The van der Waals surface area contributed by atoms with Crippen LogP contribution in [0.4, 0.5) is 19.6 Å². The van der Waals surface area contributed by atoms with Crippen molar-refractivity contribution in [3.05, 3.63) is 40.4 Å². The van der Waals surface area contributed by atoms with Crippen molar-refractivity contribution in [1.82, 2.24) is 4.98 Å². The number of halogens is 2. The molecule has 1 heterocycles. The van der Waals surface area contributed by atoms with Crippen molar-refractivity contribution in [2.75, 3.05) is 12.4 Å². The molecule has 1 aromatic carbocycles. The first-order valence-corrected chi connectivity index (χ1v) is 6.11. The zero-order valence-electron chi connectivity index (χ0n) is 10.2. The van der Waals surface area contributed by atoms with Gasteiger partial charge in [-0.1, -0.05) is 17.4 Å². The number of carbonyl (C=O) groups excluding carboxylic acids is 1. The fourth-order valence-corrected chi connectivity index (χ4v) is 2.34. The van der Waals surface area contributed by atoms with Crippen molar-refractivity contribution in [2.45, 2.75) is 6.92 Å². The minimum absolute atomic E-state index is 0.0369. The molecule has 0 atom stereocenters. The number of hydrogen-bond donors (Lipinski definition) is 1. The van der Waals surface area contributed by atoms with Crippen LogP contribution in [0, 0.1) is 18.6 Å². The van der Waals surface area contributed by atoms with Crippen LogP contribution in [0.1, 0.15) is 15.4 Å². The SMILES string of the molecule is COC(=O)c1sc(Nc2cccc(F)c2F)nc1C. The summed E-state index contributed by atoms with van der Waals surface area (Å²) in [6.07, 6.45) is 0. The number of nitrogens with one attached hydrogen (secondary N) is 1. The number of ether oxygens (including phenoxy) is 1. The number of nitrogens with zero attached hydrogens (tertiary/aromatic N) is 1. The van der Waals surface area contributed by atoms with Crippen molar-refractivity contribution in [1.29, 1.82) is 0 Å². The molecule has 0 aliphatic rings. The summed E-state index contributed by atoms with van der Waals surface area (Å²) in [6.45, 7) is 1.63. The first kappa shape index (κ1) is 13.4. The first-order chi connectivity index (χ1) is 9.02. The lowest BCUT2D eigenvalue weighted by Gasteiger charge is -2.03. The fraction of sp³-hybridized carbons (Fsp3) is 0.167. The Morgan fingerprint density at radius 1 is 1.42 bits per heavy atom. The molecular weight excluding hydrogens is 274 g/mol. The number of aromatic nitrogens is 1. The van der Waals surface area contributed by atoms with Gasteiger partial charge >= 0.3 is 5.97 Å². The van der Waals surface area contributed by atoms with Crippen LogP contribution in [0.25, 0.3) is 0 Å². The van der Waals surface area contributed by atoms with E-state index >= 15 is 0 Å². The van der Waals surface area contributed by atoms with Gasteiger partial charge in [-0.15, -0.1) is 0 Å². The van der Waals surface area contributed by atoms with E-state index in [0.29, 0.717) is 15.7 Å².